The van der Waals surface area contributed by atoms with E-state index in [4.69, 9.17) is 0 Å². The smallest absolute Gasteiger partial charge is 0.257 e. The van der Waals surface area contributed by atoms with Gasteiger partial charge in [-0.05, 0) is 54.0 Å². The second-order valence-corrected chi connectivity index (χ2v) is 5.35. The van der Waals surface area contributed by atoms with E-state index in [1.54, 1.807) is 24.1 Å². The van der Waals surface area contributed by atoms with Crippen LogP contribution in [-0.2, 0) is 0 Å². The van der Waals surface area contributed by atoms with Crippen molar-refractivity contribution in [1.29, 1.82) is 0 Å². The summed E-state index contributed by atoms with van der Waals surface area (Å²) in [5, 5.41) is 3.25. The summed E-state index contributed by atoms with van der Waals surface area (Å²) in [5.41, 5.74) is 0.124. The van der Waals surface area contributed by atoms with Crippen LogP contribution in [0.25, 0.3) is 0 Å². The van der Waals surface area contributed by atoms with E-state index in [0.29, 0.717) is 4.47 Å². The highest BCUT2D eigenvalue weighted by molar-refractivity contribution is 9.10. The maximum atomic E-state index is 13.7. The summed E-state index contributed by atoms with van der Waals surface area (Å²) in [6, 6.07) is 4.77. The summed E-state index contributed by atoms with van der Waals surface area (Å²) in [5.74, 6) is -0.734. The van der Waals surface area contributed by atoms with Crippen molar-refractivity contribution in [3.63, 3.8) is 0 Å². The molecule has 1 amide bonds. The van der Waals surface area contributed by atoms with Crippen LogP contribution < -0.4 is 5.32 Å². The Morgan fingerprint density at radius 1 is 1.44 bits per heavy atom. The van der Waals surface area contributed by atoms with Gasteiger partial charge in [-0.15, -0.1) is 0 Å². The van der Waals surface area contributed by atoms with Crippen molar-refractivity contribution in [3.8, 4) is 0 Å². The fraction of sp³-hybridized carbons (Fsp3) is 0.462. The van der Waals surface area contributed by atoms with Crippen molar-refractivity contribution >= 4 is 21.8 Å². The number of carbonyl (C=O) groups is 1. The van der Waals surface area contributed by atoms with Gasteiger partial charge < -0.3 is 10.2 Å². The molecular formula is C13H16BrFN2O. The molecule has 1 saturated heterocycles. The molecular weight excluding hydrogens is 299 g/mol. The highest BCUT2D eigenvalue weighted by Gasteiger charge is 2.25. The largest absolute Gasteiger partial charge is 0.339 e. The first kappa shape index (κ1) is 13.5. The van der Waals surface area contributed by atoms with Crippen molar-refractivity contribution in [2.75, 3.05) is 20.1 Å². The fourth-order valence-corrected chi connectivity index (χ4v) is 2.75. The number of hydrogen-bond donors (Lipinski definition) is 1. The maximum absolute atomic E-state index is 13.7. The van der Waals surface area contributed by atoms with Gasteiger partial charge in [-0.1, -0.05) is 6.07 Å². The Labute approximate surface area is 114 Å². The van der Waals surface area contributed by atoms with Gasteiger partial charge in [0.1, 0.15) is 5.82 Å². The molecule has 0 bridgehead atoms. The normalized spacial score (nSPS) is 16.6. The molecule has 2 rings (SSSR count). The second-order valence-electron chi connectivity index (χ2n) is 4.49. The zero-order valence-electron chi connectivity index (χ0n) is 10.2. The number of nitrogens with one attached hydrogen (secondary N) is 1. The number of hydrogen-bond acceptors (Lipinski definition) is 2. The molecule has 1 heterocycles. The monoisotopic (exact) mass is 314 g/mol. The first-order valence-corrected chi connectivity index (χ1v) is 6.82. The van der Waals surface area contributed by atoms with Gasteiger partial charge in [0.25, 0.3) is 5.91 Å². The lowest BCUT2D eigenvalue weighted by molar-refractivity contribution is 0.0697. The first-order chi connectivity index (χ1) is 8.61. The zero-order chi connectivity index (χ0) is 13.1. The summed E-state index contributed by atoms with van der Waals surface area (Å²) in [6.45, 7) is 1.81. The van der Waals surface area contributed by atoms with Gasteiger partial charge in [0.05, 0.1) is 5.56 Å². The number of benzene rings is 1. The van der Waals surface area contributed by atoms with E-state index < -0.39 is 5.82 Å². The quantitative estimate of drug-likeness (QED) is 0.909. The van der Waals surface area contributed by atoms with Crippen LogP contribution >= 0.6 is 15.9 Å². The Bertz CT molecular complexity index is 426. The SMILES string of the molecule is CN(C(=O)c1c(F)cccc1Br)C1CCNCC1. The first-order valence-electron chi connectivity index (χ1n) is 6.03. The lowest BCUT2D eigenvalue weighted by atomic mass is 10.0. The molecule has 98 valence electrons. The molecule has 3 nitrogen and oxygen atoms in total. The molecule has 0 radical (unpaired) electrons. The molecule has 1 aliphatic rings. The second kappa shape index (κ2) is 5.80. The summed E-state index contributed by atoms with van der Waals surface area (Å²) in [6.07, 6.45) is 1.82. The molecule has 5 heteroatoms. The predicted molar refractivity (Wildman–Crippen MR) is 72.1 cm³/mol. The Balaban J connectivity index is 2.19. The van der Waals surface area contributed by atoms with E-state index in [1.807, 2.05) is 0 Å². The van der Waals surface area contributed by atoms with Crippen molar-refractivity contribution in [2.45, 2.75) is 18.9 Å². The van der Waals surface area contributed by atoms with Crippen molar-refractivity contribution in [2.24, 2.45) is 0 Å². The predicted octanol–water partition coefficient (Wildman–Crippen LogP) is 2.41. The van der Waals surface area contributed by atoms with Crippen LogP contribution in [0.4, 0.5) is 4.39 Å². The minimum absolute atomic E-state index is 0.124. The average Bonchev–Trinajstić information content (AvgIpc) is 2.38. The van der Waals surface area contributed by atoms with Crippen LogP contribution in [-0.4, -0.2) is 37.0 Å². The highest BCUT2D eigenvalue weighted by atomic mass is 79.9. The van der Waals surface area contributed by atoms with E-state index in [0.717, 1.165) is 25.9 Å². The van der Waals surface area contributed by atoms with Gasteiger partial charge >= 0.3 is 0 Å². The van der Waals surface area contributed by atoms with Gasteiger partial charge in [-0.2, -0.15) is 0 Å². The minimum atomic E-state index is -0.477. The van der Waals surface area contributed by atoms with E-state index in [1.165, 1.54) is 6.07 Å². The number of rotatable bonds is 2. The molecule has 0 unspecified atom stereocenters. The Hall–Kier alpha value is -0.940. The molecule has 0 saturated carbocycles. The van der Waals surface area contributed by atoms with E-state index >= 15 is 0 Å². The highest BCUT2D eigenvalue weighted by Crippen LogP contribution is 2.23. The van der Waals surface area contributed by atoms with Gasteiger partial charge in [0.2, 0.25) is 0 Å². The van der Waals surface area contributed by atoms with Crippen molar-refractivity contribution in [1.82, 2.24) is 10.2 Å². The topological polar surface area (TPSA) is 32.3 Å². The Morgan fingerprint density at radius 3 is 2.72 bits per heavy atom. The molecule has 0 atom stereocenters. The molecule has 1 aromatic rings. The van der Waals surface area contributed by atoms with Gasteiger partial charge in [0, 0.05) is 17.6 Å². The van der Waals surface area contributed by atoms with Crippen LogP contribution in [0.2, 0.25) is 0 Å². The van der Waals surface area contributed by atoms with Gasteiger partial charge in [-0.3, -0.25) is 4.79 Å². The van der Waals surface area contributed by atoms with Gasteiger partial charge in [-0.25, -0.2) is 4.39 Å². The van der Waals surface area contributed by atoms with E-state index in [2.05, 4.69) is 21.2 Å². The lowest BCUT2D eigenvalue weighted by Crippen LogP contribution is -2.44. The van der Waals surface area contributed by atoms with Crippen LogP contribution in [0, 0.1) is 5.82 Å². The van der Waals surface area contributed by atoms with Crippen LogP contribution in [0.5, 0.6) is 0 Å². The van der Waals surface area contributed by atoms with Crippen LogP contribution in [0.3, 0.4) is 0 Å². The van der Waals surface area contributed by atoms with Crippen molar-refractivity contribution in [3.05, 3.63) is 34.1 Å². The molecule has 1 fully saturated rings. The fourth-order valence-electron chi connectivity index (χ4n) is 2.24. The van der Waals surface area contributed by atoms with Crippen molar-refractivity contribution < 1.29 is 9.18 Å². The standard InChI is InChI=1S/C13H16BrFN2O/c1-17(9-5-7-16-8-6-9)13(18)12-10(14)3-2-4-11(12)15/h2-4,9,16H,5-8H2,1H3. The molecule has 1 N–H and O–H groups in total. The number of piperidine rings is 1. The maximum Gasteiger partial charge on any atom is 0.257 e. The summed E-state index contributed by atoms with van der Waals surface area (Å²) in [7, 11) is 1.75. The summed E-state index contributed by atoms with van der Waals surface area (Å²) >= 11 is 3.24. The van der Waals surface area contributed by atoms with E-state index in [-0.39, 0.29) is 17.5 Å². The third-order valence-electron chi connectivity index (χ3n) is 3.35. The third kappa shape index (κ3) is 2.72. The van der Waals surface area contributed by atoms with Crippen LogP contribution in [0.15, 0.2) is 22.7 Å². The third-order valence-corrected chi connectivity index (χ3v) is 4.01. The lowest BCUT2D eigenvalue weighted by Gasteiger charge is -2.32. The van der Waals surface area contributed by atoms with Crippen LogP contribution in [0.1, 0.15) is 23.2 Å². The molecule has 0 spiro atoms. The summed E-state index contributed by atoms with van der Waals surface area (Å²) in [4.78, 5) is 14.0. The molecule has 1 aromatic carbocycles. The molecule has 1 aliphatic heterocycles. The zero-order valence-corrected chi connectivity index (χ0v) is 11.8. The summed E-state index contributed by atoms with van der Waals surface area (Å²) < 4.78 is 14.2. The molecule has 18 heavy (non-hydrogen) atoms. The molecule has 0 aromatic heterocycles. The Kier molecular flexibility index (Phi) is 4.35. The number of amides is 1. The molecule has 0 aliphatic carbocycles. The Morgan fingerprint density at radius 2 is 2.11 bits per heavy atom. The van der Waals surface area contributed by atoms with E-state index in [9.17, 15) is 9.18 Å². The average molecular weight is 315 g/mol. The van der Waals surface area contributed by atoms with Gasteiger partial charge in [0.15, 0.2) is 0 Å². The minimum Gasteiger partial charge on any atom is -0.339 e. The number of carbonyl (C=O) groups excluding carboxylic acids is 1. The number of nitrogens with zero attached hydrogens (tertiary/aromatic N) is 1. The number of halogens is 2.